The maximum Gasteiger partial charge on any atom is 0.302 e. The van der Waals surface area contributed by atoms with Crippen LogP contribution in [0, 0.1) is 0 Å². The SMILES string of the molecule is CC(C)c1ccc(Nc2ccc(Oc3nc4cnccc4c(=O)[nH]3)cc2)cc1. The van der Waals surface area contributed by atoms with Crippen LogP contribution in [0.25, 0.3) is 10.9 Å². The first-order valence-electron chi connectivity index (χ1n) is 9.07. The van der Waals surface area contributed by atoms with Crippen molar-refractivity contribution in [3.63, 3.8) is 0 Å². The van der Waals surface area contributed by atoms with Crippen LogP contribution in [-0.4, -0.2) is 15.0 Å². The molecule has 0 amide bonds. The predicted octanol–water partition coefficient (Wildman–Crippen LogP) is 4.98. The van der Waals surface area contributed by atoms with E-state index in [1.165, 1.54) is 11.8 Å². The summed E-state index contributed by atoms with van der Waals surface area (Å²) in [6, 6.07) is 17.6. The van der Waals surface area contributed by atoms with Gasteiger partial charge in [0.2, 0.25) is 0 Å². The van der Waals surface area contributed by atoms with Crippen molar-refractivity contribution in [3.8, 4) is 11.8 Å². The highest BCUT2D eigenvalue weighted by Crippen LogP contribution is 2.24. The predicted molar refractivity (Wildman–Crippen MR) is 110 cm³/mol. The molecule has 0 unspecified atom stereocenters. The summed E-state index contributed by atoms with van der Waals surface area (Å²) in [4.78, 5) is 23.0. The molecular formula is C22H20N4O2. The molecule has 0 aliphatic heterocycles. The van der Waals surface area contributed by atoms with Gasteiger partial charge in [0.15, 0.2) is 0 Å². The molecule has 6 heteroatoms. The van der Waals surface area contributed by atoms with Crippen LogP contribution in [0.5, 0.6) is 11.8 Å². The van der Waals surface area contributed by atoms with Crippen molar-refractivity contribution in [3.05, 3.63) is 82.9 Å². The van der Waals surface area contributed by atoms with Crippen LogP contribution in [0.4, 0.5) is 11.4 Å². The van der Waals surface area contributed by atoms with Crippen LogP contribution in [0.1, 0.15) is 25.3 Å². The zero-order valence-corrected chi connectivity index (χ0v) is 15.6. The minimum Gasteiger partial charge on any atom is -0.426 e. The first-order valence-corrected chi connectivity index (χ1v) is 9.07. The summed E-state index contributed by atoms with van der Waals surface area (Å²) in [6.07, 6.45) is 3.09. The van der Waals surface area contributed by atoms with Gasteiger partial charge < -0.3 is 10.1 Å². The normalized spacial score (nSPS) is 11.0. The maximum atomic E-state index is 12.1. The van der Waals surface area contributed by atoms with Gasteiger partial charge in [-0.15, -0.1) is 0 Å². The second-order valence-corrected chi connectivity index (χ2v) is 6.79. The molecule has 0 aliphatic rings. The molecule has 4 aromatic rings. The highest BCUT2D eigenvalue weighted by atomic mass is 16.5. The molecule has 2 aromatic carbocycles. The monoisotopic (exact) mass is 372 g/mol. The zero-order valence-electron chi connectivity index (χ0n) is 15.6. The van der Waals surface area contributed by atoms with E-state index in [0.29, 0.717) is 22.6 Å². The number of ether oxygens (including phenoxy) is 1. The van der Waals surface area contributed by atoms with E-state index in [-0.39, 0.29) is 11.6 Å². The van der Waals surface area contributed by atoms with Crippen molar-refractivity contribution in [1.82, 2.24) is 15.0 Å². The van der Waals surface area contributed by atoms with Crippen molar-refractivity contribution >= 4 is 22.3 Å². The Kier molecular flexibility index (Phi) is 4.76. The Labute approximate surface area is 162 Å². The number of nitrogens with one attached hydrogen (secondary N) is 2. The van der Waals surface area contributed by atoms with E-state index in [9.17, 15) is 4.79 Å². The van der Waals surface area contributed by atoms with Gasteiger partial charge in [-0.05, 0) is 53.9 Å². The molecule has 2 aromatic heterocycles. The number of benzene rings is 2. The Bertz CT molecular complexity index is 1150. The van der Waals surface area contributed by atoms with Gasteiger partial charge in [-0.3, -0.25) is 14.8 Å². The first kappa shape index (κ1) is 17.7. The third-order valence-electron chi connectivity index (χ3n) is 4.42. The van der Waals surface area contributed by atoms with E-state index in [1.807, 2.05) is 24.3 Å². The number of rotatable bonds is 5. The van der Waals surface area contributed by atoms with E-state index in [4.69, 9.17) is 4.74 Å². The molecule has 0 radical (unpaired) electrons. The minimum absolute atomic E-state index is 0.135. The van der Waals surface area contributed by atoms with Crippen LogP contribution in [0.3, 0.4) is 0 Å². The van der Waals surface area contributed by atoms with Crippen molar-refractivity contribution in [2.75, 3.05) is 5.32 Å². The van der Waals surface area contributed by atoms with E-state index >= 15 is 0 Å². The molecule has 0 aliphatic carbocycles. The smallest absolute Gasteiger partial charge is 0.302 e. The van der Waals surface area contributed by atoms with Gasteiger partial charge in [0.1, 0.15) is 5.75 Å². The molecule has 0 atom stereocenters. The summed E-state index contributed by atoms with van der Waals surface area (Å²) >= 11 is 0. The number of pyridine rings is 1. The fourth-order valence-electron chi connectivity index (χ4n) is 2.85. The van der Waals surface area contributed by atoms with Gasteiger partial charge in [0.25, 0.3) is 5.56 Å². The average Bonchev–Trinajstić information content (AvgIpc) is 2.70. The molecule has 2 heterocycles. The third kappa shape index (κ3) is 3.86. The second kappa shape index (κ2) is 7.52. The molecule has 140 valence electrons. The number of nitrogens with zero attached hydrogens (tertiary/aromatic N) is 2. The molecule has 6 nitrogen and oxygen atoms in total. The van der Waals surface area contributed by atoms with Gasteiger partial charge in [-0.1, -0.05) is 26.0 Å². The Morgan fingerprint density at radius 2 is 1.64 bits per heavy atom. The molecule has 4 rings (SSSR count). The Hall–Kier alpha value is -3.67. The lowest BCUT2D eigenvalue weighted by Gasteiger charge is -2.10. The van der Waals surface area contributed by atoms with Crippen molar-refractivity contribution in [1.29, 1.82) is 0 Å². The van der Waals surface area contributed by atoms with Gasteiger partial charge in [0.05, 0.1) is 17.1 Å². The number of H-pyrrole nitrogens is 1. The molecule has 0 bridgehead atoms. The lowest BCUT2D eigenvalue weighted by Crippen LogP contribution is -2.09. The Balaban J connectivity index is 1.48. The number of aromatic amines is 1. The number of aromatic nitrogens is 3. The minimum atomic E-state index is -0.259. The van der Waals surface area contributed by atoms with Crippen molar-refractivity contribution in [2.24, 2.45) is 0 Å². The molecule has 0 fully saturated rings. The van der Waals surface area contributed by atoms with Crippen LogP contribution in [0.2, 0.25) is 0 Å². The van der Waals surface area contributed by atoms with E-state index in [0.717, 1.165) is 11.4 Å². The lowest BCUT2D eigenvalue weighted by molar-refractivity contribution is 0.443. The standard InChI is InChI=1S/C22H20N4O2/c1-14(2)15-3-5-16(6-4-15)24-17-7-9-18(10-8-17)28-22-25-20-13-23-12-11-19(20)21(27)26-22/h3-14,24H,1-2H3,(H,25,26,27). The molecule has 28 heavy (non-hydrogen) atoms. The summed E-state index contributed by atoms with van der Waals surface area (Å²) in [7, 11) is 0. The summed E-state index contributed by atoms with van der Waals surface area (Å²) in [6.45, 7) is 4.35. The summed E-state index contributed by atoms with van der Waals surface area (Å²) in [5.41, 5.74) is 3.50. The summed E-state index contributed by atoms with van der Waals surface area (Å²) in [5.74, 6) is 1.09. The lowest BCUT2D eigenvalue weighted by atomic mass is 10.0. The molecule has 2 N–H and O–H groups in total. The fraction of sp³-hybridized carbons (Fsp3) is 0.136. The largest absolute Gasteiger partial charge is 0.426 e. The van der Waals surface area contributed by atoms with Crippen LogP contribution < -0.4 is 15.6 Å². The number of hydrogen-bond donors (Lipinski definition) is 2. The van der Waals surface area contributed by atoms with Crippen LogP contribution >= 0.6 is 0 Å². The molecule has 0 saturated heterocycles. The topological polar surface area (TPSA) is 79.9 Å². The number of hydrogen-bond acceptors (Lipinski definition) is 5. The van der Waals surface area contributed by atoms with Gasteiger partial charge in [-0.2, -0.15) is 4.98 Å². The van der Waals surface area contributed by atoms with Gasteiger partial charge in [0, 0.05) is 17.6 Å². The van der Waals surface area contributed by atoms with E-state index in [2.05, 4.69) is 58.4 Å². The highest BCUT2D eigenvalue weighted by molar-refractivity contribution is 5.76. The Morgan fingerprint density at radius 1 is 0.964 bits per heavy atom. The first-order chi connectivity index (χ1) is 13.6. The molecule has 0 spiro atoms. The van der Waals surface area contributed by atoms with Crippen molar-refractivity contribution < 1.29 is 4.74 Å². The summed E-state index contributed by atoms with van der Waals surface area (Å²) < 4.78 is 5.69. The number of anilines is 2. The van der Waals surface area contributed by atoms with Crippen molar-refractivity contribution in [2.45, 2.75) is 19.8 Å². The second-order valence-electron chi connectivity index (χ2n) is 6.79. The van der Waals surface area contributed by atoms with E-state index in [1.54, 1.807) is 12.3 Å². The molecular weight excluding hydrogens is 352 g/mol. The summed E-state index contributed by atoms with van der Waals surface area (Å²) in [5, 5.41) is 3.83. The quantitative estimate of drug-likeness (QED) is 0.517. The molecule has 0 saturated carbocycles. The average molecular weight is 372 g/mol. The van der Waals surface area contributed by atoms with Crippen LogP contribution in [-0.2, 0) is 0 Å². The number of fused-ring (bicyclic) bond motifs is 1. The van der Waals surface area contributed by atoms with Crippen LogP contribution in [0.15, 0.2) is 71.8 Å². The van der Waals surface area contributed by atoms with Gasteiger partial charge in [-0.25, -0.2) is 0 Å². The Morgan fingerprint density at radius 3 is 2.32 bits per heavy atom. The maximum absolute atomic E-state index is 12.1. The van der Waals surface area contributed by atoms with E-state index < -0.39 is 0 Å². The fourth-order valence-corrected chi connectivity index (χ4v) is 2.85. The van der Waals surface area contributed by atoms with Gasteiger partial charge >= 0.3 is 6.01 Å². The highest BCUT2D eigenvalue weighted by Gasteiger charge is 2.06. The third-order valence-corrected chi connectivity index (χ3v) is 4.42. The zero-order chi connectivity index (χ0) is 19.5.